The van der Waals surface area contributed by atoms with Gasteiger partial charge in [-0.25, -0.2) is 4.79 Å². The fourth-order valence-corrected chi connectivity index (χ4v) is 1.99. The smallest absolute Gasteiger partial charge is 0.330 e. The Labute approximate surface area is 130 Å². The molecule has 1 rings (SSSR count). The highest BCUT2D eigenvalue weighted by Gasteiger charge is 2.45. The first-order chi connectivity index (χ1) is 10.2. The molecule has 0 aromatic carbocycles. The first-order valence-corrected chi connectivity index (χ1v) is 7.24. The van der Waals surface area contributed by atoms with Gasteiger partial charge in [0.2, 0.25) is 0 Å². The van der Waals surface area contributed by atoms with E-state index < -0.39 is 17.3 Å². The third-order valence-electron chi connectivity index (χ3n) is 3.08. The number of rotatable bonds is 6. The molecule has 1 fully saturated rings. The molecule has 0 aromatic heterocycles. The van der Waals surface area contributed by atoms with Crippen LogP contribution in [0.1, 0.15) is 40.5 Å². The van der Waals surface area contributed by atoms with Crippen LogP contribution in [0.5, 0.6) is 0 Å². The molecule has 0 atom stereocenters. The molecular weight excluding hydrogens is 288 g/mol. The molecule has 0 spiro atoms. The Balaban J connectivity index is 0.000000534. The Morgan fingerprint density at radius 3 is 2.00 bits per heavy atom. The van der Waals surface area contributed by atoms with Gasteiger partial charge in [0.15, 0.2) is 17.3 Å². The van der Waals surface area contributed by atoms with Crippen LogP contribution >= 0.6 is 0 Å². The van der Waals surface area contributed by atoms with Crippen molar-refractivity contribution in [3.8, 4) is 0 Å². The summed E-state index contributed by atoms with van der Waals surface area (Å²) < 4.78 is 9.68. The van der Waals surface area contributed by atoms with E-state index in [0.717, 1.165) is 6.08 Å². The molecule has 1 aliphatic rings. The van der Waals surface area contributed by atoms with Crippen LogP contribution in [0.3, 0.4) is 0 Å². The second kappa shape index (κ2) is 9.25. The number of ether oxygens (including phenoxy) is 2. The van der Waals surface area contributed by atoms with Gasteiger partial charge in [0, 0.05) is 25.5 Å². The summed E-state index contributed by atoms with van der Waals surface area (Å²) in [4.78, 5) is 44.7. The summed E-state index contributed by atoms with van der Waals surface area (Å²) >= 11 is 0. The first-order valence-electron chi connectivity index (χ1n) is 7.24. The fraction of sp³-hybridized carbons (Fsp3) is 0.625. The van der Waals surface area contributed by atoms with Crippen LogP contribution in [0.25, 0.3) is 0 Å². The van der Waals surface area contributed by atoms with Crippen LogP contribution in [-0.2, 0) is 28.7 Å². The number of carbonyl (C=O) groups excluding carboxylic acids is 4. The highest BCUT2D eigenvalue weighted by molar-refractivity contribution is 6.24. The van der Waals surface area contributed by atoms with Crippen molar-refractivity contribution in [2.24, 2.45) is 5.92 Å². The number of hydrogen-bond acceptors (Lipinski definition) is 6. The van der Waals surface area contributed by atoms with Crippen molar-refractivity contribution in [1.82, 2.24) is 0 Å². The zero-order valence-electron chi connectivity index (χ0n) is 13.6. The normalized spacial score (nSPS) is 15.1. The average Bonchev–Trinajstić information content (AvgIpc) is 2.78. The van der Waals surface area contributed by atoms with Gasteiger partial charge in [0.25, 0.3) is 0 Å². The van der Waals surface area contributed by atoms with E-state index in [9.17, 15) is 19.2 Å². The van der Waals surface area contributed by atoms with Crippen molar-refractivity contribution in [2.45, 2.75) is 46.1 Å². The van der Waals surface area contributed by atoms with Crippen molar-refractivity contribution < 1.29 is 28.7 Å². The molecule has 0 N–H and O–H groups in total. The minimum absolute atomic E-state index is 0.192. The lowest BCUT2D eigenvalue weighted by Gasteiger charge is -2.24. The lowest BCUT2D eigenvalue weighted by Crippen LogP contribution is -2.43. The van der Waals surface area contributed by atoms with Crippen LogP contribution in [0.4, 0.5) is 0 Å². The Kier molecular flexibility index (Phi) is 8.48. The summed E-state index contributed by atoms with van der Waals surface area (Å²) in [6.07, 6.45) is 1.53. The first kappa shape index (κ1) is 20.2. The molecule has 1 aliphatic carbocycles. The van der Waals surface area contributed by atoms with Crippen LogP contribution in [0.15, 0.2) is 12.7 Å². The third-order valence-corrected chi connectivity index (χ3v) is 3.08. The second-order valence-electron chi connectivity index (χ2n) is 5.13. The number of ketones is 3. The Morgan fingerprint density at radius 2 is 1.68 bits per heavy atom. The van der Waals surface area contributed by atoms with Crippen LogP contribution < -0.4 is 0 Å². The van der Waals surface area contributed by atoms with Crippen LogP contribution in [0, 0.1) is 5.92 Å². The summed E-state index contributed by atoms with van der Waals surface area (Å²) in [5.41, 5.74) is -1.05. The molecule has 0 radical (unpaired) electrons. The van der Waals surface area contributed by atoms with Gasteiger partial charge in [-0.05, 0) is 27.7 Å². The van der Waals surface area contributed by atoms with Gasteiger partial charge < -0.3 is 9.47 Å². The van der Waals surface area contributed by atoms with Crippen molar-refractivity contribution in [3.05, 3.63) is 12.7 Å². The van der Waals surface area contributed by atoms with Crippen molar-refractivity contribution in [1.29, 1.82) is 0 Å². The van der Waals surface area contributed by atoms with Crippen molar-refractivity contribution >= 4 is 23.3 Å². The highest BCUT2D eigenvalue weighted by atomic mass is 16.5. The SMILES string of the molecule is C=CC(=O)OCC.CCOC(C)(C)C(=O)C1C(=O)CCC1=O. The summed E-state index contributed by atoms with van der Waals surface area (Å²) in [5.74, 6) is -2.37. The van der Waals surface area contributed by atoms with Gasteiger partial charge >= 0.3 is 5.97 Å². The molecule has 0 aliphatic heterocycles. The van der Waals surface area contributed by atoms with Crippen molar-refractivity contribution in [3.63, 3.8) is 0 Å². The molecule has 0 amide bonds. The van der Waals surface area contributed by atoms with Gasteiger partial charge in [-0.3, -0.25) is 14.4 Å². The molecule has 0 unspecified atom stereocenters. The van der Waals surface area contributed by atoms with E-state index in [4.69, 9.17) is 4.74 Å². The van der Waals surface area contributed by atoms with Gasteiger partial charge in [0.1, 0.15) is 11.5 Å². The summed E-state index contributed by atoms with van der Waals surface area (Å²) in [6, 6.07) is 0. The fourth-order valence-electron chi connectivity index (χ4n) is 1.99. The molecule has 1 saturated carbocycles. The molecule has 22 heavy (non-hydrogen) atoms. The molecule has 124 valence electrons. The monoisotopic (exact) mass is 312 g/mol. The topological polar surface area (TPSA) is 86.7 Å². The summed E-state index contributed by atoms with van der Waals surface area (Å²) in [5, 5.41) is 0. The van der Waals surface area contributed by atoms with Crippen LogP contribution in [0.2, 0.25) is 0 Å². The maximum absolute atomic E-state index is 11.9. The Bertz CT molecular complexity index is 434. The molecule has 0 heterocycles. The lowest BCUT2D eigenvalue weighted by molar-refractivity contribution is -0.149. The predicted octanol–water partition coefficient (Wildman–Crippen LogP) is 1.65. The van der Waals surface area contributed by atoms with Gasteiger partial charge in [-0.1, -0.05) is 6.58 Å². The van der Waals surface area contributed by atoms with E-state index in [0.29, 0.717) is 13.2 Å². The third kappa shape index (κ3) is 5.89. The quantitative estimate of drug-likeness (QED) is 0.421. The van der Waals surface area contributed by atoms with E-state index in [2.05, 4.69) is 11.3 Å². The number of esters is 1. The molecule has 6 heteroatoms. The number of hydrogen-bond donors (Lipinski definition) is 0. The van der Waals surface area contributed by atoms with Gasteiger partial charge in [-0.15, -0.1) is 0 Å². The van der Waals surface area contributed by atoms with E-state index in [1.807, 2.05) is 0 Å². The maximum atomic E-state index is 11.9. The van der Waals surface area contributed by atoms with E-state index >= 15 is 0 Å². The summed E-state index contributed by atoms with van der Waals surface area (Å²) in [6.45, 7) is 10.7. The minimum Gasteiger partial charge on any atom is -0.463 e. The molecule has 0 bridgehead atoms. The number of Topliss-reactive ketones (excluding diaryl/α,β-unsaturated/α-hetero) is 3. The highest BCUT2D eigenvalue weighted by Crippen LogP contribution is 2.25. The van der Waals surface area contributed by atoms with E-state index in [1.54, 1.807) is 27.7 Å². The predicted molar refractivity (Wildman–Crippen MR) is 80.3 cm³/mol. The van der Waals surface area contributed by atoms with E-state index in [-0.39, 0.29) is 30.4 Å². The molecular formula is C16H24O6. The minimum atomic E-state index is -1.08. The molecule has 6 nitrogen and oxygen atoms in total. The molecule has 0 aromatic rings. The van der Waals surface area contributed by atoms with Crippen LogP contribution in [-0.4, -0.2) is 42.1 Å². The van der Waals surface area contributed by atoms with Crippen molar-refractivity contribution in [2.75, 3.05) is 13.2 Å². The molecule has 0 saturated heterocycles. The largest absolute Gasteiger partial charge is 0.463 e. The Hall–Kier alpha value is -1.82. The lowest BCUT2D eigenvalue weighted by atomic mass is 9.89. The van der Waals surface area contributed by atoms with Gasteiger partial charge in [0.05, 0.1) is 6.61 Å². The average molecular weight is 312 g/mol. The Morgan fingerprint density at radius 1 is 1.18 bits per heavy atom. The maximum Gasteiger partial charge on any atom is 0.330 e. The second-order valence-corrected chi connectivity index (χ2v) is 5.13. The van der Waals surface area contributed by atoms with E-state index in [1.165, 1.54) is 0 Å². The number of carbonyl (C=O) groups is 4. The zero-order valence-corrected chi connectivity index (χ0v) is 13.6. The standard InChI is InChI=1S/C11H16O4.C5H8O2/c1-4-15-11(2,3)10(14)9-7(12)5-6-8(9)13;1-3-5(6)7-4-2/h9H,4-6H2,1-3H3;3H,1,4H2,2H3. The zero-order chi connectivity index (χ0) is 17.3. The van der Waals surface area contributed by atoms with Gasteiger partial charge in [-0.2, -0.15) is 0 Å². The summed E-state index contributed by atoms with van der Waals surface area (Å²) in [7, 11) is 0.